The molecule has 2 rings (SSSR count). The van der Waals surface area contributed by atoms with Crippen LogP contribution in [0.3, 0.4) is 0 Å². The number of aliphatic hydroxyl groups is 1. The van der Waals surface area contributed by atoms with Crippen molar-refractivity contribution in [2.75, 3.05) is 5.32 Å². The summed E-state index contributed by atoms with van der Waals surface area (Å²) < 4.78 is 0. The van der Waals surface area contributed by atoms with Gasteiger partial charge in [-0.15, -0.1) is 11.3 Å². The molecule has 5 heteroatoms. The quantitative estimate of drug-likeness (QED) is 0.713. The molecular formula is C18H26N2O2S. The van der Waals surface area contributed by atoms with Crippen LogP contribution in [0.2, 0.25) is 0 Å². The zero-order valence-electron chi connectivity index (χ0n) is 14.7. The normalized spacial score (nSPS) is 12.5. The number of aliphatic hydroxyl groups excluding tert-OH is 1. The minimum Gasteiger partial charge on any atom is -0.507 e. The van der Waals surface area contributed by atoms with Gasteiger partial charge in [0.05, 0.1) is 12.3 Å². The first-order chi connectivity index (χ1) is 10.5. The van der Waals surface area contributed by atoms with Gasteiger partial charge in [0.2, 0.25) is 0 Å². The minimum atomic E-state index is -0.166. The predicted octanol–water partition coefficient (Wildman–Crippen LogP) is 4.68. The van der Waals surface area contributed by atoms with Crippen LogP contribution < -0.4 is 5.32 Å². The molecule has 1 aromatic heterocycles. The van der Waals surface area contributed by atoms with Crippen molar-refractivity contribution in [3.05, 3.63) is 34.3 Å². The summed E-state index contributed by atoms with van der Waals surface area (Å²) in [6.45, 7) is 12.5. The van der Waals surface area contributed by atoms with E-state index in [0.29, 0.717) is 11.4 Å². The molecule has 3 N–H and O–H groups in total. The summed E-state index contributed by atoms with van der Waals surface area (Å²) in [5.41, 5.74) is 3.04. The van der Waals surface area contributed by atoms with E-state index in [9.17, 15) is 5.11 Å². The van der Waals surface area contributed by atoms with Gasteiger partial charge in [0.1, 0.15) is 5.75 Å². The highest BCUT2D eigenvalue weighted by molar-refractivity contribution is 7.13. The molecule has 0 unspecified atom stereocenters. The molecule has 0 aliphatic carbocycles. The Labute approximate surface area is 142 Å². The molecule has 4 nitrogen and oxygen atoms in total. The summed E-state index contributed by atoms with van der Waals surface area (Å²) in [6.07, 6.45) is 0. The maximum absolute atomic E-state index is 10.7. The molecule has 0 bridgehead atoms. The molecule has 0 fully saturated rings. The summed E-state index contributed by atoms with van der Waals surface area (Å²) in [6, 6.07) is 3.95. The summed E-state index contributed by atoms with van der Waals surface area (Å²) in [5, 5.41) is 25.7. The molecule has 0 radical (unpaired) electrons. The van der Waals surface area contributed by atoms with Gasteiger partial charge in [0.25, 0.3) is 0 Å². The van der Waals surface area contributed by atoms with Crippen molar-refractivity contribution >= 4 is 22.2 Å². The van der Waals surface area contributed by atoms with Crippen molar-refractivity contribution in [1.29, 1.82) is 0 Å². The number of hydrogen-bond donors (Lipinski definition) is 3. The topological polar surface area (TPSA) is 65.4 Å². The second-order valence-corrected chi connectivity index (χ2v) is 8.71. The number of aromatic nitrogens is 1. The lowest BCUT2D eigenvalue weighted by atomic mass is 9.79. The van der Waals surface area contributed by atoms with Crippen LogP contribution in [0.25, 0.3) is 0 Å². The number of hydrogen-bond acceptors (Lipinski definition) is 5. The fraction of sp³-hybridized carbons (Fsp3) is 0.500. The van der Waals surface area contributed by atoms with Gasteiger partial charge in [0.15, 0.2) is 5.13 Å². The average molecular weight is 334 g/mol. The van der Waals surface area contributed by atoms with Crippen molar-refractivity contribution in [3.63, 3.8) is 0 Å². The van der Waals surface area contributed by atoms with Gasteiger partial charge < -0.3 is 15.5 Å². The second kappa shape index (κ2) is 6.13. The van der Waals surface area contributed by atoms with E-state index in [1.807, 2.05) is 17.5 Å². The molecule has 23 heavy (non-hydrogen) atoms. The van der Waals surface area contributed by atoms with E-state index in [1.165, 1.54) is 11.3 Å². The van der Waals surface area contributed by atoms with Crippen molar-refractivity contribution in [3.8, 4) is 5.75 Å². The van der Waals surface area contributed by atoms with Crippen molar-refractivity contribution in [1.82, 2.24) is 4.98 Å². The third kappa shape index (κ3) is 4.03. The van der Waals surface area contributed by atoms with Gasteiger partial charge in [-0.1, -0.05) is 41.5 Å². The van der Waals surface area contributed by atoms with E-state index in [-0.39, 0.29) is 17.4 Å². The highest BCUT2D eigenvalue weighted by Gasteiger charge is 2.26. The molecule has 1 aromatic carbocycles. The molecule has 0 saturated carbocycles. The van der Waals surface area contributed by atoms with Crippen LogP contribution in [0.1, 0.15) is 58.4 Å². The maximum Gasteiger partial charge on any atom is 0.187 e. The largest absolute Gasteiger partial charge is 0.507 e. The summed E-state index contributed by atoms with van der Waals surface area (Å²) in [4.78, 5) is 4.33. The lowest BCUT2D eigenvalue weighted by Gasteiger charge is -2.28. The van der Waals surface area contributed by atoms with Crippen LogP contribution in [0, 0.1) is 0 Å². The van der Waals surface area contributed by atoms with Crippen molar-refractivity contribution in [2.24, 2.45) is 0 Å². The van der Waals surface area contributed by atoms with Gasteiger partial charge in [0, 0.05) is 22.2 Å². The summed E-state index contributed by atoms with van der Waals surface area (Å²) >= 11 is 1.46. The van der Waals surface area contributed by atoms with Crippen LogP contribution in [-0.2, 0) is 17.4 Å². The fourth-order valence-corrected chi connectivity index (χ4v) is 3.13. The first-order valence-corrected chi connectivity index (χ1v) is 8.60. The molecule has 0 amide bonds. The SMILES string of the molecule is CC(C)(C)c1cc(Nc2nc(CO)cs2)cc(C(C)(C)C)c1O. The highest BCUT2D eigenvalue weighted by atomic mass is 32.1. The Morgan fingerprint density at radius 1 is 1.04 bits per heavy atom. The van der Waals surface area contributed by atoms with E-state index in [0.717, 1.165) is 21.9 Å². The highest BCUT2D eigenvalue weighted by Crippen LogP contribution is 2.41. The number of nitrogens with zero attached hydrogens (tertiary/aromatic N) is 1. The number of aromatic hydroxyl groups is 1. The van der Waals surface area contributed by atoms with Gasteiger partial charge in [-0.05, 0) is 23.0 Å². The summed E-state index contributed by atoms with van der Waals surface area (Å²) in [5.74, 6) is 0.366. The van der Waals surface area contributed by atoms with Crippen molar-refractivity contribution < 1.29 is 10.2 Å². The second-order valence-electron chi connectivity index (χ2n) is 7.85. The standard InChI is InChI=1S/C18H26N2O2S/c1-17(2,3)13-7-11(8-14(15(13)22)18(4,5)6)19-16-20-12(9-21)10-23-16/h7-8,10,21-22H,9H2,1-6H3,(H,19,20). The van der Waals surface area contributed by atoms with Crippen LogP contribution in [0.4, 0.5) is 10.8 Å². The molecule has 0 aliphatic heterocycles. The Morgan fingerprint density at radius 3 is 1.96 bits per heavy atom. The third-order valence-corrected chi connectivity index (χ3v) is 4.50. The van der Waals surface area contributed by atoms with Crippen molar-refractivity contribution in [2.45, 2.75) is 59.0 Å². The van der Waals surface area contributed by atoms with Gasteiger partial charge in [-0.25, -0.2) is 4.98 Å². The molecule has 0 spiro atoms. The van der Waals surface area contributed by atoms with E-state index >= 15 is 0 Å². The van der Waals surface area contributed by atoms with E-state index in [4.69, 9.17) is 5.11 Å². The lowest BCUT2D eigenvalue weighted by molar-refractivity contribution is 0.278. The number of nitrogens with one attached hydrogen (secondary N) is 1. The van der Waals surface area contributed by atoms with E-state index in [1.54, 1.807) is 0 Å². The Hall–Kier alpha value is -1.59. The number of anilines is 2. The third-order valence-electron chi connectivity index (χ3n) is 3.69. The lowest BCUT2D eigenvalue weighted by Crippen LogP contribution is -2.17. The van der Waals surface area contributed by atoms with Crippen LogP contribution in [-0.4, -0.2) is 15.2 Å². The molecule has 126 valence electrons. The Balaban J connectivity index is 2.51. The molecular weight excluding hydrogens is 308 g/mol. The molecule has 2 aromatic rings. The minimum absolute atomic E-state index is 0.0613. The van der Waals surface area contributed by atoms with Crippen LogP contribution in [0.15, 0.2) is 17.5 Å². The molecule has 0 aliphatic rings. The number of thiazole rings is 1. The smallest absolute Gasteiger partial charge is 0.187 e. The fourth-order valence-electron chi connectivity index (χ4n) is 2.41. The van der Waals surface area contributed by atoms with Crippen LogP contribution >= 0.6 is 11.3 Å². The maximum atomic E-state index is 10.7. The Morgan fingerprint density at radius 2 is 1.57 bits per heavy atom. The number of rotatable bonds is 3. The number of benzene rings is 1. The molecule has 1 heterocycles. The Bertz CT molecular complexity index is 659. The monoisotopic (exact) mass is 334 g/mol. The van der Waals surface area contributed by atoms with Gasteiger partial charge >= 0.3 is 0 Å². The van der Waals surface area contributed by atoms with Gasteiger partial charge in [-0.2, -0.15) is 0 Å². The summed E-state index contributed by atoms with van der Waals surface area (Å²) in [7, 11) is 0. The zero-order valence-corrected chi connectivity index (χ0v) is 15.5. The average Bonchev–Trinajstić information content (AvgIpc) is 2.85. The first kappa shape index (κ1) is 17.8. The first-order valence-electron chi connectivity index (χ1n) is 7.72. The Kier molecular flexibility index (Phi) is 4.74. The predicted molar refractivity (Wildman–Crippen MR) is 96.8 cm³/mol. The van der Waals surface area contributed by atoms with Crippen LogP contribution in [0.5, 0.6) is 5.75 Å². The number of phenols is 1. The number of phenolic OH excluding ortho intramolecular Hbond substituents is 1. The van der Waals surface area contributed by atoms with Gasteiger partial charge in [-0.3, -0.25) is 0 Å². The zero-order chi connectivity index (χ0) is 17.4. The molecule has 0 atom stereocenters. The van der Waals surface area contributed by atoms with E-state index < -0.39 is 0 Å². The van der Waals surface area contributed by atoms with E-state index in [2.05, 4.69) is 51.8 Å². The molecule has 0 saturated heterocycles.